The van der Waals surface area contributed by atoms with E-state index in [0.717, 1.165) is 47.0 Å². The maximum Gasteiger partial charge on any atom is 0.124 e. The van der Waals surface area contributed by atoms with Gasteiger partial charge >= 0.3 is 0 Å². The number of rotatable bonds is 8. The van der Waals surface area contributed by atoms with Gasteiger partial charge in [0.05, 0.1) is 7.11 Å². The number of aromatic nitrogens is 1. The summed E-state index contributed by atoms with van der Waals surface area (Å²) < 4.78 is 5.54. The van der Waals surface area contributed by atoms with Crippen LogP contribution in [-0.4, -0.2) is 74.5 Å². The third-order valence-corrected chi connectivity index (χ3v) is 7.77. The number of hydrogen-bond donors (Lipinski definition) is 3. The van der Waals surface area contributed by atoms with Crippen LogP contribution >= 0.6 is 8.58 Å². The molecule has 1 saturated carbocycles. The number of aliphatic hydroxyl groups is 3. The topological polar surface area (TPSA) is 100 Å². The number of ether oxygens (including phenoxy) is 1. The Morgan fingerprint density at radius 2 is 1.64 bits per heavy atom. The van der Waals surface area contributed by atoms with Gasteiger partial charge in [-0.15, -0.1) is 12.6 Å². The predicted octanol–water partition coefficient (Wildman–Crippen LogP) is 4.03. The third-order valence-electron chi connectivity index (χ3n) is 6.06. The SMILES string of the molecule is CO.CO.CO.COc1c(C)cc(PC2CCCC2[C@H](C)[N-]Cc2cc(N(C)C)ccn2)cc1C.[Mn]. The van der Waals surface area contributed by atoms with Crippen molar-refractivity contribution in [2.45, 2.75) is 58.3 Å². The Morgan fingerprint density at radius 1 is 1.06 bits per heavy atom. The maximum atomic E-state index is 7.00. The summed E-state index contributed by atoms with van der Waals surface area (Å²) in [5.74, 6) is 1.70. The van der Waals surface area contributed by atoms with Gasteiger partial charge in [-0.1, -0.05) is 34.3 Å². The second-order valence-electron chi connectivity index (χ2n) is 8.47. The number of methoxy groups -OCH3 is 1. The zero-order valence-corrected chi connectivity index (χ0v) is 25.6. The average molecular weight is 564 g/mol. The molecule has 2 aromatic rings. The van der Waals surface area contributed by atoms with Crippen molar-refractivity contribution in [3.05, 3.63) is 52.6 Å². The van der Waals surface area contributed by atoms with Gasteiger partial charge in [0.1, 0.15) is 5.75 Å². The van der Waals surface area contributed by atoms with Gasteiger partial charge in [-0.05, 0) is 66.6 Å². The summed E-state index contributed by atoms with van der Waals surface area (Å²) in [5.41, 5.74) is 5.47. The molecule has 36 heavy (non-hydrogen) atoms. The molecule has 1 heterocycles. The van der Waals surface area contributed by atoms with Crippen LogP contribution in [0.4, 0.5) is 5.69 Å². The summed E-state index contributed by atoms with van der Waals surface area (Å²) in [5, 5.41) is 27.5. The van der Waals surface area contributed by atoms with Crippen molar-refractivity contribution < 1.29 is 37.1 Å². The van der Waals surface area contributed by atoms with E-state index in [2.05, 4.69) is 62.9 Å². The summed E-state index contributed by atoms with van der Waals surface area (Å²) >= 11 is 0. The van der Waals surface area contributed by atoms with Crippen LogP contribution in [-0.2, 0) is 23.6 Å². The average Bonchev–Trinajstić information content (AvgIpc) is 3.34. The molecule has 0 bridgehead atoms. The largest absolute Gasteiger partial charge is 0.654 e. The van der Waals surface area contributed by atoms with E-state index < -0.39 is 0 Å². The number of hydrogen-bond acceptors (Lipinski definition) is 6. The zero-order valence-electron chi connectivity index (χ0n) is 23.4. The first kappa shape index (κ1) is 36.9. The van der Waals surface area contributed by atoms with Gasteiger partial charge in [0.2, 0.25) is 0 Å². The van der Waals surface area contributed by atoms with E-state index in [1.54, 1.807) is 7.11 Å². The normalized spacial score (nSPS) is 16.9. The van der Waals surface area contributed by atoms with Crippen LogP contribution < -0.4 is 14.9 Å². The van der Waals surface area contributed by atoms with Gasteiger partial charge in [-0.25, -0.2) is 0 Å². The monoisotopic (exact) mass is 563 g/mol. The Kier molecular flexibility index (Phi) is 21.3. The molecule has 3 N–H and O–H groups in total. The van der Waals surface area contributed by atoms with E-state index in [-0.39, 0.29) is 17.1 Å². The van der Waals surface area contributed by atoms with Crippen LogP contribution in [0.25, 0.3) is 5.32 Å². The Hall–Kier alpha value is -1.24. The van der Waals surface area contributed by atoms with Gasteiger partial charge in [-0.3, -0.25) is 4.98 Å². The molecule has 1 aromatic heterocycles. The second-order valence-corrected chi connectivity index (χ2v) is 10.1. The van der Waals surface area contributed by atoms with Crippen LogP contribution in [0.2, 0.25) is 0 Å². The van der Waals surface area contributed by atoms with Gasteiger partial charge in [0.25, 0.3) is 0 Å². The zero-order chi connectivity index (χ0) is 27.0. The van der Waals surface area contributed by atoms with Crippen molar-refractivity contribution >= 4 is 19.6 Å². The molecule has 1 aliphatic rings. The molecule has 3 rings (SSSR count). The van der Waals surface area contributed by atoms with Crippen molar-refractivity contribution in [1.29, 1.82) is 0 Å². The molecule has 0 saturated heterocycles. The Balaban J connectivity index is 0. The number of aryl methyl sites for hydroxylation is 2. The van der Waals surface area contributed by atoms with Crippen molar-refractivity contribution in [1.82, 2.24) is 4.98 Å². The molecule has 9 heteroatoms. The molecule has 0 amide bonds. The molecule has 0 aliphatic heterocycles. The Morgan fingerprint density at radius 3 is 2.17 bits per heavy atom. The Labute approximate surface area is 231 Å². The minimum absolute atomic E-state index is 0. The molecule has 0 spiro atoms. The van der Waals surface area contributed by atoms with E-state index in [9.17, 15) is 0 Å². The van der Waals surface area contributed by atoms with E-state index in [1.165, 1.54) is 41.4 Å². The third kappa shape index (κ3) is 11.4. The first-order valence-electron chi connectivity index (χ1n) is 11.9. The van der Waals surface area contributed by atoms with Gasteiger partial charge in [0, 0.05) is 70.1 Å². The van der Waals surface area contributed by atoms with Gasteiger partial charge < -0.3 is 30.3 Å². The second kappa shape index (κ2) is 20.8. The number of nitrogens with zero attached hydrogens (tertiary/aromatic N) is 3. The molecule has 1 aromatic carbocycles. The standard InChI is InChI=1S/C24H35N3OP.3CH4O.Mn/c1-16-12-21(13-17(2)24(16)28-6)29-23-9-7-8-22(23)18(3)26-15-19-14-20(27(4)5)10-11-25-19;3*1-2;/h10-14,18,22-23,29H,7-9,15H2,1-6H3;3*2H,1H3;/q-1;;;;/t18-,22?,23?;;;;/m0..../s1. The molecule has 207 valence electrons. The summed E-state index contributed by atoms with van der Waals surface area (Å²) in [6.45, 7) is 7.31. The summed E-state index contributed by atoms with van der Waals surface area (Å²) in [4.78, 5) is 6.62. The Bertz CT molecular complexity index is 819. The van der Waals surface area contributed by atoms with Crippen LogP contribution in [0.1, 0.15) is 43.0 Å². The quantitative estimate of drug-likeness (QED) is 0.331. The molecule has 4 atom stereocenters. The van der Waals surface area contributed by atoms with Gasteiger partial charge in [0.15, 0.2) is 0 Å². The smallest absolute Gasteiger partial charge is 0.124 e. The fourth-order valence-corrected chi connectivity index (χ4v) is 6.55. The number of benzene rings is 1. The minimum Gasteiger partial charge on any atom is -0.654 e. The van der Waals surface area contributed by atoms with Crippen LogP contribution in [0.5, 0.6) is 5.75 Å². The summed E-state index contributed by atoms with van der Waals surface area (Å²) in [7, 11) is 9.73. The van der Waals surface area contributed by atoms with E-state index in [0.29, 0.717) is 18.5 Å². The number of anilines is 1. The van der Waals surface area contributed by atoms with Crippen molar-refractivity contribution in [3.63, 3.8) is 0 Å². The first-order valence-corrected chi connectivity index (χ1v) is 13.0. The van der Waals surface area contributed by atoms with Crippen molar-refractivity contribution in [2.24, 2.45) is 5.92 Å². The predicted molar refractivity (Wildman–Crippen MR) is 151 cm³/mol. The fraction of sp³-hybridized carbons (Fsp3) is 0.593. The number of pyridine rings is 1. The molecule has 1 radical (unpaired) electrons. The maximum absolute atomic E-state index is 7.00. The minimum atomic E-state index is 0. The summed E-state index contributed by atoms with van der Waals surface area (Å²) in [6, 6.07) is 9.20. The number of aliphatic hydroxyl groups excluding tert-OH is 3. The van der Waals surface area contributed by atoms with E-state index >= 15 is 0 Å². The van der Waals surface area contributed by atoms with Crippen LogP contribution in [0, 0.1) is 19.8 Å². The molecule has 3 unspecified atom stereocenters. The molecular weight excluding hydrogens is 516 g/mol. The van der Waals surface area contributed by atoms with Gasteiger partial charge in [-0.2, -0.15) is 0 Å². The molecule has 7 nitrogen and oxygen atoms in total. The molecule has 1 aliphatic carbocycles. The fourth-order valence-electron chi connectivity index (χ4n) is 4.52. The van der Waals surface area contributed by atoms with E-state index in [1.807, 2.05) is 12.3 Å². The van der Waals surface area contributed by atoms with Crippen molar-refractivity contribution in [3.8, 4) is 5.75 Å². The van der Waals surface area contributed by atoms with Crippen molar-refractivity contribution in [2.75, 3.05) is 47.4 Å². The van der Waals surface area contributed by atoms with E-state index in [4.69, 9.17) is 25.4 Å². The summed E-state index contributed by atoms with van der Waals surface area (Å²) in [6.07, 6.45) is 5.83. The molecule has 1 fully saturated rings. The first-order chi connectivity index (χ1) is 16.9. The molecular formula is C27H47MnN3O4P-. The van der Waals surface area contributed by atoms with Crippen LogP contribution in [0.15, 0.2) is 30.5 Å². The van der Waals surface area contributed by atoms with Crippen LogP contribution in [0.3, 0.4) is 0 Å².